The predicted octanol–water partition coefficient (Wildman–Crippen LogP) is 1.18. The second-order valence-electron chi connectivity index (χ2n) is 3.26. The van der Waals surface area contributed by atoms with Crippen molar-refractivity contribution in [2.24, 2.45) is 0 Å². The third-order valence-electron chi connectivity index (χ3n) is 1.88. The molecule has 0 unspecified atom stereocenters. The fraction of sp³-hybridized carbons (Fsp3) is 0.889. The Morgan fingerprint density at radius 1 is 1.31 bits per heavy atom. The molecule has 0 rings (SSSR count). The van der Waals surface area contributed by atoms with E-state index in [0.717, 1.165) is 26.1 Å². The number of hydrogen-bond acceptors (Lipinski definition) is 2. The Morgan fingerprint density at radius 3 is 2.31 bits per heavy atom. The van der Waals surface area contributed by atoms with Crippen molar-refractivity contribution in [2.75, 3.05) is 39.1 Å². The van der Waals surface area contributed by atoms with E-state index in [9.17, 15) is 4.79 Å². The Morgan fingerprint density at radius 2 is 1.92 bits per heavy atom. The van der Waals surface area contributed by atoms with Crippen LogP contribution in [0.15, 0.2) is 0 Å². The van der Waals surface area contributed by atoms with Gasteiger partial charge in [0, 0.05) is 13.1 Å². The van der Waals surface area contributed by atoms with Gasteiger partial charge in [0.15, 0.2) is 0 Å². The molecule has 3 nitrogen and oxygen atoms in total. The average Bonchev–Trinajstić information content (AvgIpc) is 2.11. The summed E-state index contributed by atoms with van der Waals surface area (Å²) in [6, 6.07) is 0. The minimum Gasteiger partial charge on any atom is -0.342 e. The molecule has 0 heterocycles. The zero-order chi connectivity index (χ0) is 10.3. The quantitative estimate of drug-likeness (QED) is 0.662. The summed E-state index contributed by atoms with van der Waals surface area (Å²) in [5.74, 6) is 0.182. The van der Waals surface area contributed by atoms with Crippen molar-refractivity contribution in [2.45, 2.75) is 13.3 Å². The van der Waals surface area contributed by atoms with Crippen molar-refractivity contribution in [1.29, 1.82) is 0 Å². The first-order valence-corrected chi connectivity index (χ1v) is 5.72. The van der Waals surface area contributed by atoms with Crippen LogP contribution in [0.25, 0.3) is 0 Å². The fourth-order valence-electron chi connectivity index (χ4n) is 1.12. The van der Waals surface area contributed by atoms with Crippen LogP contribution in [0.1, 0.15) is 13.3 Å². The maximum absolute atomic E-state index is 11.3. The zero-order valence-electron chi connectivity index (χ0n) is 8.72. The van der Waals surface area contributed by atoms with Crippen molar-refractivity contribution < 1.29 is 4.79 Å². The molecule has 0 saturated heterocycles. The average molecular weight is 251 g/mol. The molecule has 78 valence electrons. The van der Waals surface area contributed by atoms with E-state index in [2.05, 4.69) is 20.8 Å². The largest absolute Gasteiger partial charge is 0.342 e. The van der Waals surface area contributed by atoms with E-state index in [1.165, 1.54) is 0 Å². The topological polar surface area (TPSA) is 23.6 Å². The maximum atomic E-state index is 11.3. The summed E-state index contributed by atoms with van der Waals surface area (Å²) in [6.07, 6.45) is 1.04. The minimum atomic E-state index is 0.182. The van der Waals surface area contributed by atoms with Gasteiger partial charge in [-0.2, -0.15) is 0 Å². The van der Waals surface area contributed by atoms with Crippen LogP contribution >= 0.6 is 15.9 Å². The molecule has 0 aliphatic heterocycles. The number of rotatable bonds is 6. The van der Waals surface area contributed by atoms with Crippen LogP contribution in [0.4, 0.5) is 0 Å². The zero-order valence-corrected chi connectivity index (χ0v) is 10.3. The maximum Gasteiger partial charge on any atom is 0.233 e. The number of carbonyl (C=O) groups is 1. The molecule has 13 heavy (non-hydrogen) atoms. The summed E-state index contributed by atoms with van der Waals surface area (Å²) >= 11 is 3.18. The molecule has 0 aromatic carbocycles. The predicted molar refractivity (Wildman–Crippen MR) is 59.2 cm³/mol. The normalized spacial score (nSPS) is 10.5. The molecule has 0 aromatic heterocycles. The number of nitrogens with zero attached hydrogens (tertiary/aromatic N) is 2. The van der Waals surface area contributed by atoms with Crippen molar-refractivity contribution in [3.8, 4) is 0 Å². The van der Waals surface area contributed by atoms with E-state index in [0.29, 0.717) is 5.33 Å². The first-order valence-electron chi connectivity index (χ1n) is 4.60. The Kier molecular flexibility index (Phi) is 7.28. The van der Waals surface area contributed by atoms with Crippen molar-refractivity contribution >= 4 is 21.8 Å². The number of amides is 1. The van der Waals surface area contributed by atoms with Gasteiger partial charge < -0.3 is 9.80 Å². The molecule has 0 aromatic rings. The van der Waals surface area contributed by atoms with Crippen LogP contribution in [0.2, 0.25) is 0 Å². The number of carbonyl (C=O) groups excluding carboxylic acids is 1. The summed E-state index contributed by atoms with van der Waals surface area (Å²) in [6.45, 7) is 4.71. The summed E-state index contributed by atoms with van der Waals surface area (Å²) in [5, 5.41) is 0.433. The minimum absolute atomic E-state index is 0.182. The molecule has 0 bridgehead atoms. The number of alkyl halides is 1. The Bertz CT molecular complexity index is 151. The van der Waals surface area contributed by atoms with Gasteiger partial charge in [-0.15, -0.1) is 0 Å². The number of halogens is 1. The van der Waals surface area contributed by atoms with Gasteiger partial charge in [-0.3, -0.25) is 4.79 Å². The standard InChI is InChI=1S/C9H19BrN2O/c1-4-12(9(13)8-10)7-5-6-11(2)3/h4-8H2,1-3H3. The fourth-order valence-corrected chi connectivity index (χ4v) is 1.48. The van der Waals surface area contributed by atoms with E-state index < -0.39 is 0 Å². The second kappa shape index (κ2) is 7.33. The Hall–Kier alpha value is -0.0900. The van der Waals surface area contributed by atoms with Gasteiger partial charge in [0.1, 0.15) is 0 Å². The molecular weight excluding hydrogens is 232 g/mol. The summed E-state index contributed by atoms with van der Waals surface area (Å²) in [4.78, 5) is 15.3. The lowest BCUT2D eigenvalue weighted by atomic mass is 10.3. The van der Waals surface area contributed by atoms with Crippen LogP contribution in [0.5, 0.6) is 0 Å². The molecule has 0 radical (unpaired) electrons. The highest BCUT2D eigenvalue weighted by Crippen LogP contribution is 1.96. The van der Waals surface area contributed by atoms with Crippen LogP contribution < -0.4 is 0 Å². The van der Waals surface area contributed by atoms with Crippen LogP contribution in [0, 0.1) is 0 Å². The van der Waals surface area contributed by atoms with Crippen molar-refractivity contribution in [1.82, 2.24) is 9.80 Å². The monoisotopic (exact) mass is 250 g/mol. The van der Waals surface area contributed by atoms with Crippen LogP contribution in [-0.4, -0.2) is 54.8 Å². The first kappa shape index (κ1) is 12.9. The molecule has 0 saturated carbocycles. The molecule has 0 fully saturated rings. The molecule has 0 atom stereocenters. The van der Waals surface area contributed by atoms with E-state index in [4.69, 9.17) is 0 Å². The Balaban J connectivity index is 3.66. The van der Waals surface area contributed by atoms with Gasteiger partial charge in [0.2, 0.25) is 5.91 Å². The molecule has 0 N–H and O–H groups in total. The van der Waals surface area contributed by atoms with Gasteiger partial charge in [-0.25, -0.2) is 0 Å². The molecule has 0 spiro atoms. The van der Waals surface area contributed by atoms with Gasteiger partial charge in [0.05, 0.1) is 5.33 Å². The highest BCUT2D eigenvalue weighted by molar-refractivity contribution is 9.09. The van der Waals surface area contributed by atoms with Crippen LogP contribution in [0.3, 0.4) is 0 Å². The second-order valence-corrected chi connectivity index (χ2v) is 3.82. The summed E-state index contributed by atoms with van der Waals surface area (Å²) in [7, 11) is 4.09. The van der Waals surface area contributed by atoms with Gasteiger partial charge in [0.25, 0.3) is 0 Å². The third kappa shape index (κ3) is 6.05. The lowest BCUT2D eigenvalue weighted by Crippen LogP contribution is -2.33. The van der Waals surface area contributed by atoms with E-state index in [1.54, 1.807) is 0 Å². The SMILES string of the molecule is CCN(CCCN(C)C)C(=O)CBr. The molecule has 0 aliphatic carbocycles. The van der Waals surface area contributed by atoms with E-state index >= 15 is 0 Å². The first-order chi connectivity index (χ1) is 6.11. The van der Waals surface area contributed by atoms with Crippen LogP contribution in [-0.2, 0) is 4.79 Å². The van der Waals surface area contributed by atoms with Crippen molar-refractivity contribution in [3.63, 3.8) is 0 Å². The van der Waals surface area contributed by atoms with Gasteiger partial charge in [-0.05, 0) is 34.0 Å². The van der Waals surface area contributed by atoms with Gasteiger partial charge in [-0.1, -0.05) is 15.9 Å². The highest BCUT2D eigenvalue weighted by Gasteiger charge is 2.08. The summed E-state index contributed by atoms with van der Waals surface area (Å²) < 4.78 is 0. The number of hydrogen-bond donors (Lipinski definition) is 0. The van der Waals surface area contributed by atoms with Crippen molar-refractivity contribution in [3.05, 3.63) is 0 Å². The third-order valence-corrected chi connectivity index (χ3v) is 2.36. The summed E-state index contributed by atoms with van der Waals surface area (Å²) in [5.41, 5.74) is 0. The van der Waals surface area contributed by atoms with Gasteiger partial charge >= 0.3 is 0 Å². The smallest absolute Gasteiger partial charge is 0.233 e. The highest BCUT2D eigenvalue weighted by atomic mass is 79.9. The van der Waals surface area contributed by atoms with E-state index in [-0.39, 0.29) is 5.91 Å². The molecule has 0 aliphatic rings. The lowest BCUT2D eigenvalue weighted by Gasteiger charge is -2.20. The lowest BCUT2D eigenvalue weighted by molar-refractivity contribution is -0.128. The Labute approximate surface area is 89.2 Å². The molecule has 1 amide bonds. The van der Waals surface area contributed by atoms with E-state index in [1.807, 2.05) is 25.9 Å². The molecular formula is C9H19BrN2O. The molecule has 4 heteroatoms.